The number of furan rings is 1. The van der Waals surface area contributed by atoms with Crippen LogP contribution in [0.4, 0.5) is 11.9 Å². The summed E-state index contributed by atoms with van der Waals surface area (Å²) in [6, 6.07) is 3.74. The molecular weight excluding hydrogens is 230 g/mol. The van der Waals surface area contributed by atoms with Crippen LogP contribution in [-0.2, 0) is 6.42 Å². The summed E-state index contributed by atoms with van der Waals surface area (Å²) in [5, 5.41) is 3.05. The molecular formula is C9H10ClN5O. The van der Waals surface area contributed by atoms with E-state index < -0.39 is 0 Å². The second kappa shape index (κ2) is 4.80. The van der Waals surface area contributed by atoms with Gasteiger partial charge in [-0.3, -0.25) is 0 Å². The third kappa shape index (κ3) is 2.83. The first-order valence-electron chi connectivity index (χ1n) is 4.67. The number of aromatic nitrogens is 3. The highest BCUT2D eigenvalue weighted by Crippen LogP contribution is 2.07. The lowest BCUT2D eigenvalue weighted by atomic mass is 10.3. The number of anilines is 2. The third-order valence-corrected chi connectivity index (χ3v) is 2.03. The van der Waals surface area contributed by atoms with Crippen molar-refractivity contribution < 1.29 is 4.42 Å². The molecule has 84 valence electrons. The van der Waals surface area contributed by atoms with Crippen molar-refractivity contribution in [3.05, 3.63) is 29.4 Å². The van der Waals surface area contributed by atoms with E-state index in [9.17, 15) is 0 Å². The van der Waals surface area contributed by atoms with E-state index in [0.717, 1.165) is 12.2 Å². The van der Waals surface area contributed by atoms with Gasteiger partial charge in [0.15, 0.2) is 0 Å². The predicted octanol–water partition coefficient (Wildman–Crippen LogP) is 1.35. The summed E-state index contributed by atoms with van der Waals surface area (Å²) < 4.78 is 5.17. The van der Waals surface area contributed by atoms with Crippen molar-refractivity contribution in [3.63, 3.8) is 0 Å². The molecule has 0 atom stereocenters. The highest BCUT2D eigenvalue weighted by Gasteiger charge is 2.02. The smallest absolute Gasteiger partial charge is 0.228 e. The van der Waals surface area contributed by atoms with Crippen LogP contribution >= 0.6 is 11.6 Å². The molecule has 0 saturated heterocycles. The quantitative estimate of drug-likeness (QED) is 0.837. The van der Waals surface area contributed by atoms with Crippen molar-refractivity contribution >= 4 is 23.5 Å². The maximum absolute atomic E-state index is 5.63. The molecule has 0 saturated carbocycles. The second-order valence-corrected chi connectivity index (χ2v) is 3.38. The number of halogens is 1. The minimum absolute atomic E-state index is 0.0769. The van der Waals surface area contributed by atoms with Gasteiger partial charge in [0.05, 0.1) is 6.26 Å². The first kappa shape index (κ1) is 10.7. The van der Waals surface area contributed by atoms with Gasteiger partial charge in [0.2, 0.25) is 17.2 Å². The zero-order valence-electron chi connectivity index (χ0n) is 8.35. The van der Waals surface area contributed by atoms with E-state index in [0.29, 0.717) is 12.5 Å². The number of hydrogen-bond acceptors (Lipinski definition) is 6. The van der Waals surface area contributed by atoms with Crippen molar-refractivity contribution in [2.75, 3.05) is 17.6 Å². The number of nitrogens with one attached hydrogen (secondary N) is 1. The molecule has 0 radical (unpaired) electrons. The molecule has 3 N–H and O–H groups in total. The minimum atomic E-state index is 0.0769. The summed E-state index contributed by atoms with van der Waals surface area (Å²) >= 11 is 5.63. The van der Waals surface area contributed by atoms with Gasteiger partial charge >= 0.3 is 0 Å². The van der Waals surface area contributed by atoms with Crippen molar-refractivity contribution in [2.24, 2.45) is 0 Å². The molecule has 16 heavy (non-hydrogen) atoms. The summed E-state index contributed by atoms with van der Waals surface area (Å²) in [6.07, 6.45) is 2.36. The molecule has 0 aliphatic rings. The Kier molecular flexibility index (Phi) is 3.21. The van der Waals surface area contributed by atoms with Crippen LogP contribution in [0.5, 0.6) is 0 Å². The van der Waals surface area contributed by atoms with Crippen LogP contribution in [0.25, 0.3) is 0 Å². The Hall–Kier alpha value is -1.82. The summed E-state index contributed by atoms with van der Waals surface area (Å²) in [5.41, 5.74) is 5.42. The average molecular weight is 240 g/mol. The molecule has 0 spiro atoms. The number of hydrogen-bond donors (Lipinski definition) is 2. The molecule has 6 nitrogen and oxygen atoms in total. The highest BCUT2D eigenvalue weighted by atomic mass is 35.5. The first-order chi connectivity index (χ1) is 7.74. The lowest BCUT2D eigenvalue weighted by Gasteiger charge is -2.03. The fourth-order valence-electron chi connectivity index (χ4n) is 1.20. The lowest BCUT2D eigenvalue weighted by Crippen LogP contribution is -2.09. The molecule has 0 fully saturated rings. The SMILES string of the molecule is Nc1nc(Cl)nc(NCCc2ccco2)n1. The van der Waals surface area contributed by atoms with Crippen molar-refractivity contribution in [2.45, 2.75) is 6.42 Å². The van der Waals surface area contributed by atoms with Crippen LogP contribution in [0.3, 0.4) is 0 Å². The van der Waals surface area contributed by atoms with Crippen LogP contribution in [0.15, 0.2) is 22.8 Å². The maximum atomic E-state index is 5.63. The lowest BCUT2D eigenvalue weighted by molar-refractivity contribution is 0.512. The fraction of sp³-hybridized carbons (Fsp3) is 0.222. The monoisotopic (exact) mass is 239 g/mol. The third-order valence-electron chi connectivity index (χ3n) is 1.86. The summed E-state index contributed by atoms with van der Waals surface area (Å²) in [5.74, 6) is 1.35. The summed E-state index contributed by atoms with van der Waals surface area (Å²) in [7, 11) is 0. The van der Waals surface area contributed by atoms with Gasteiger partial charge < -0.3 is 15.5 Å². The summed E-state index contributed by atoms with van der Waals surface area (Å²) in [6.45, 7) is 0.632. The van der Waals surface area contributed by atoms with E-state index in [4.69, 9.17) is 21.8 Å². The Morgan fingerprint density at radius 3 is 2.94 bits per heavy atom. The van der Waals surface area contributed by atoms with Crippen LogP contribution in [0.2, 0.25) is 5.28 Å². The molecule has 7 heteroatoms. The van der Waals surface area contributed by atoms with Gasteiger partial charge in [-0.15, -0.1) is 0 Å². The molecule has 2 aromatic rings. The van der Waals surface area contributed by atoms with E-state index in [1.165, 1.54) is 0 Å². The Morgan fingerprint density at radius 2 is 2.25 bits per heavy atom. The number of rotatable bonds is 4. The zero-order chi connectivity index (χ0) is 11.4. The fourth-order valence-corrected chi connectivity index (χ4v) is 1.36. The summed E-state index contributed by atoms with van der Waals surface area (Å²) in [4.78, 5) is 11.4. The number of nitrogen functional groups attached to an aromatic ring is 1. The molecule has 0 aliphatic heterocycles. The van der Waals surface area contributed by atoms with Gasteiger partial charge in [0, 0.05) is 13.0 Å². The van der Waals surface area contributed by atoms with E-state index in [2.05, 4.69) is 20.3 Å². The zero-order valence-corrected chi connectivity index (χ0v) is 9.11. The van der Waals surface area contributed by atoms with Crippen molar-refractivity contribution in [1.29, 1.82) is 0 Å². The van der Waals surface area contributed by atoms with Crippen molar-refractivity contribution in [3.8, 4) is 0 Å². The van der Waals surface area contributed by atoms with Crippen molar-refractivity contribution in [1.82, 2.24) is 15.0 Å². The Morgan fingerprint density at radius 1 is 1.38 bits per heavy atom. The number of nitrogens with two attached hydrogens (primary N) is 1. The molecule has 2 rings (SSSR count). The first-order valence-corrected chi connectivity index (χ1v) is 5.05. The highest BCUT2D eigenvalue weighted by molar-refractivity contribution is 6.28. The van der Waals surface area contributed by atoms with E-state index in [1.54, 1.807) is 6.26 Å². The van der Waals surface area contributed by atoms with Crippen LogP contribution in [0.1, 0.15) is 5.76 Å². The molecule has 2 heterocycles. The Bertz CT molecular complexity index is 439. The maximum Gasteiger partial charge on any atom is 0.228 e. The number of nitrogens with zero attached hydrogens (tertiary/aromatic N) is 3. The van der Waals surface area contributed by atoms with Gasteiger partial charge in [-0.05, 0) is 23.7 Å². The molecule has 2 aromatic heterocycles. The van der Waals surface area contributed by atoms with Gasteiger partial charge in [0.25, 0.3) is 0 Å². The standard InChI is InChI=1S/C9H10ClN5O/c10-7-13-8(11)15-9(14-7)12-4-3-6-2-1-5-16-6/h1-2,5H,3-4H2,(H3,11,12,13,14,15). The Balaban J connectivity index is 1.89. The van der Waals surface area contributed by atoms with Gasteiger partial charge in [-0.25, -0.2) is 0 Å². The van der Waals surface area contributed by atoms with Crippen LogP contribution in [-0.4, -0.2) is 21.5 Å². The molecule has 0 aliphatic carbocycles. The molecule has 0 amide bonds. The normalized spacial score (nSPS) is 10.3. The Labute approximate surface area is 96.9 Å². The van der Waals surface area contributed by atoms with Gasteiger partial charge in [0.1, 0.15) is 5.76 Å². The van der Waals surface area contributed by atoms with Gasteiger partial charge in [-0.2, -0.15) is 15.0 Å². The van der Waals surface area contributed by atoms with Gasteiger partial charge in [-0.1, -0.05) is 0 Å². The van der Waals surface area contributed by atoms with Crippen LogP contribution in [0, 0.1) is 0 Å². The second-order valence-electron chi connectivity index (χ2n) is 3.04. The average Bonchev–Trinajstić information content (AvgIpc) is 2.69. The topological polar surface area (TPSA) is 89.9 Å². The van der Waals surface area contributed by atoms with Crippen LogP contribution < -0.4 is 11.1 Å². The van der Waals surface area contributed by atoms with E-state index in [1.807, 2.05) is 12.1 Å². The predicted molar refractivity (Wildman–Crippen MR) is 60.2 cm³/mol. The molecule has 0 unspecified atom stereocenters. The van der Waals surface area contributed by atoms with E-state index >= 15 is 0 Å². The largest absolute Gasteiger partial charge is 0.469 e. The molecule has 0 bridgehead atoms. The molecule has 0 aromatic carbocycles. The van der Waals surface area contributed by atoms with E-state index in [-0.39, 0.29) is 11.2 Å². The minimum Gasteiger partial charge on any atom is -0.469 e.